The van der Waals surface area contributed by atoms with Gasteiger partial charge in [-0.05, 0) is 18.2 Å². The molecule has 12 heteroatoms. The first-order valence-electron chi connectivity index (χ1n) is 9.76. The van der Waals surface area contributed by atoms with Gasteiger partial charge in [0.15, 0.2) is 6.10 Å². The van der Waals surface area contributed by atoms with E-state index >= 15 is 0 Å². The lowest BCUT2D eigenvalue weighted by Crippen LogP contribution is -2.54. The molecule has 184 valence electrons. The molecule has 1 aromatic rings. The molecule has 33 heavy (non-hydrogen) atoms. The second-order valence-electron chi connectivity index (χ2n) is 7.09. The molecule has 0 aliphatic heterocycles. The standard InChI is InChI=1S/C21H26BrClO10/c1-10(9-29-11(2)24)18(30-12(3)25)19(31-13(4)26)20(32-14(5)27)21(28)33-17-7-6-15(22)8-16(17)23/h6-8,10,18-21,28H,9H2,1-5H3. The Bertz CT molecular complexity index is 861. The molecule has 0 saturated carbocycles. The summed E-state index contributed by atoms with van der Waals surface area (Å²) in [5.74, 6) is -3.68. The van der Waals surface area contributed by atoms with Gasteiger partial charge in [0.2, 0.25) is 12.4 Å². The van der Waals surface area contributed by atoms with E-state index in [1.807, 2.05) is 0 Å². The number of benzene rings is 1. The highest BCUT2D eigenvalue weighted by atomic mass is 79.9. The number of ether oxygens (including phenoxy) is 5. The van der Waals surface area contributed by atoms with Gasteiger partial charge in [-0.1, -0.05) is 34.5 Å². The normalized spacial score (nSPS) is 15.3. The lowest BCUT2D eigenvalue weighted by atomic mass is 9.95. The predicted octanol–water partition coefficient (Wildman–Crippen LogP) is 2.79. The van der Waals surface area contributed by atoms with Gasteiger partial charge in [-0.25, -0.2) is 0 Å². The van der Waals surface area contributed by atoms with E-state index < -0.39 is 54.4 Å². The molecule has 1 rings (SSSR count). The van der Waals surface area contributed by atoms with Crippen molar-refractivity contribution in [1.29, 1.82) is 0 Å². The molecule has 10 nitrogen and oxygen atoms in total. The fourth-order valence-corrected chi connectivity index (χ4v) is 3.52. The molecule has 0 amide bonds. The van der Waals surface area contributed by atoms with Crippen LogP contribution >= 0.6 is 27.5 Å². The zero-order valence-electron chi connectivity index (χ0n) is 18.7. The Morgan fingerprint density at radius 1 is 0.909 bits per heavy atom. The van der Waals surface area contributed by atoms with Crippen molar-refractivity contribution in [3.05, 3.63) is 27.7 Å². The summed E-state index contributed by atoms with van der Waals surface area (Å²) >= 11 is 9.37. The quantitative estimate of drug-likeness (QED) is 0.248. The molecule has 0 aliphatic carbocycles. The average Bonchev–Trinajstić information content (AvgIpc) is 2.68. The first kappa shape index (κ1) is 28.7. The average molecular weight is 554 g/mol. The van der Waals surface area contributed by atoms with Gasteiger partial charge in [-0.2, -0.15) is 0 Å². The Morgan fingerprint density at radius 3 is 1.91 bits per heavy atom. The summed E-state index contributed by atoms with van der Waals surface area (Å²) in [7, 11) is 0. The number of aliphatic hydroxyl groups is 1. The second-order valence-corrected chi connectivity index (χ2v) is 8.41. The van der Waals surface area contributed by atoms with Gasteiger partial charge in [0, 0.05) is 38.1 Å². The highest BCUT2D eigenvalue weighted by Gasteiger charge is 2.45. The van der Waals surface area contributed by atoms with Crippen molar-refractivity contribution in [3.63, 3.8) is 0 Å². The molecule has 5 atom stereocenters. The summed E-state index contributed by atoms with van der Waals surface area (Å²) in [6.07, 6.45) is -6.34. The number of halogens is 2. The molecule has 0 bridgehead atoms. The van der Waals surface area contributed by atoms with Gasteiger partial charge < -0.3 is 28.8 Å². The van der Waals surface area contributed by atoms with Crippen LogP contribution in [0.15, 0.2) is 22.7 Å². The van der Waals surface area contributed by atoms with E-state index in [9.17, 15) is 24.3 Å². The fraction of sp³-hybridized carbons (Fsp3) is 0.524. The Balaban J connectivity index is 3.37. The van der Waals surface area contributed by atoms with E-state index in [1.54, 1.807) is 13.0 Å². The van der Waals surface area contributed by atoms with Gasteiger partial charge in [-0.3, -0.25) is 19.2 Å². The summed E-state index contributed by atoms with van der Waals surface area (Å²) in [6, 6.07) is 4.56. The van der Waals surface area contributed by atoms with Crippen molar-refractivity contribution >= 4 is 51.4 Å². The molecule has 0 aromatic heterocycles. The highest BCUT2D eigenvalue weighted by Crippen LogP contribution is 2.30. The van der Waals surface area contributed by atoms with E-state index in [2.05, 4.69) is 15.9 Å². The van der Waals surface area contributed by atoms with Crippen molar-refractivity contribution in [2.45, 2.75) is 59.2 Å². The number of hydrogen-bond donors (Lipinski definition) is 1. The van der Waals surface area contributed by atoms with Crippen LogP contribution in [0.3, 0.4) is 0 Å². The third-order valence-corrected chi connectivity index (χ3v) is 4.88. The molecule has 5 unspecified atom stereocenters. The zero-order valence-corrected chi connectivity index (χ0v) is 21.0. The van der Waals surface area contributed by atoms with Crippen LogP contribution in [0.4, 0.5) is 0 Å². The number of rotatable bonds is 11. The van der Waals surface area contributed by atoms with Crippen LogP contribution in [0.25, 0.3) is 0 Å². The first-order chi connectivity index (χ1) is 15.3. The molecule has 0 spiro atoms. The Hall–Kier alpha value is -2.37. The fourth-order valence-electron chi connectivity index (χ4n) is 2.80. The predicted molar refractivity (Wildman–Crippen MR) is 118 cm³/mol. The Labute approximate surface area is 204 Å². The van der Waals surface area contributed by atoms with Gasteiger partial charge in [0.25, 0.3) is 0 Å². The van der Waals surface area contributed by atoms with E-state index in [0.29, 0.717) is 4.47 Å². The van der Waals surface area contributed by atoms with Crippen molar-refractivity contribution in [2.24, 2.45) is 5.92 Å². The van der Waals surface area contributed by atoms with Crippen molar-refractivity contribution in [3.8, 4) is 5.75 Å². The molecule has 0 radical (unpaired) electrons. The van der Waals surface area contributed by atoms with Crippen molar-refractivity contribution in [2.75, 3.05) is 6.61 Å². The smallest absolute Gasteiger partial charge is 0.303 e. The number of carbonyl (C=O) groups excluding carboxylic acids is 4. The molecule has 1 N–H and O–H groups in total. The molecular weight excluding hydrogens is 528 g/mol. The van der Waals surface area contributed by atoms with E-state index in [0.717, 1.165) is 20.8 Å². The second kappa shape index (κ2) is 13.4. The topological polar surface area (TPSA) is 135 Å². The first-order valence-corrected chi connectivity index (χ1v) is 10.9. The molecule has 0 fully saturated rings. The van der Waals surface area contributed by atoms with Crippen molar-refractivity contribution in [1.82, 2.24) is 0 Å². The van der Waals surface area contributed by atoms with Crippen molar-refractivity contribution < 1.29 is 48.0 Å². The molecule has 0 saturated heterocycles. The molecule has 0 aliphatic rings. The van der Waals surface area contributed by atoms with Crippen LogP contribution < -0.4 is 4.74 Å². The van der Waals surface area contributed by atoms with Gasteiger partial charge in [0.1, 0.15) is 11.9 Å². The Morgan fingerprint density at radius 2 is 1.42 bits per heavy atom. The maximum absolute atomic E-state index is 11.9. The van der Waals surface area contributed by atoms with Crippen LogP contribution in [-0.2, 0) is 38.1 Å². The number of carbonyl (C=O) groups is 4. The van der Waals surface area contributed by atoms with E-state index in [4.69, 9.17) is 35.3 Å². The largest absolute Gasteiger partial charge is 0.465 e. The lowest BCUT2D eigenvalue weighted by Gasteiger charge is -2.36. The highest BCUT2D eigenvalue weighted by molar-refractivity contribution is 9.10. The molecule has 0 heterocycles. The molecule has 1 aromatic carbocycles. The SMILES string of the molecule is CC(=O)OCC(C)C(OC(C)=O)C(OC(C)=O)C(OC(C)=O)C(O)Oc1ccc(Br)cc1Cl. The minimum Gasteiger partial charge on any atom is -0.465 e. The number of hydrogen-bond acceptors (Lipinski definition) is 10. The van der Waals surface area contributed by atoms with Gasteiger partial charge in [0.05, 0.1) is 11.6 Å². The van der Waals surface area contributed by atoms with E-state index in [1.165, 1.54) is 19.1 Å². The van der Waals surface area contributed by atoms with Gasteiger partial charge in [-0.15, -0.1) is 0 Å². The maximum Gasteiger partial charge on any atom is 0.303 e. The third-order valence-electron chi connectivity index (χ3n) is 4.09. The minimum absolute atomic E-state index is 0.0445. The van der Waals surface area contributed by atoms with Crippen LogP contribution in [0.2, 0.25) is 5.02 Å². The lowest BCUT2D eigenvalue weighted by molar-refractivity contribution is -0.216. The van der Waals surface area contributed by atoms with Crippen LogP contribution in [0.5, 0.6) is 5.75 Å². The zero-order chi connectivity index (χ0) is 25.3. The summed E-state index contributed by atoms with van der Waals surface area (Å²) in [4.78, 5) is 46.7. The van der Waals surface area contributed by atoms with Crippen LogP contribution in [0, 0.1) is 5.92 Å². The maximum atomic E-state index is 11.9. The van der Waals surface area contributed by atoms with Gasteiger partial charge >= 0.3 is 23.9 Å². The Kier molecular flexibility index (Phi) is 11.6. The summed E-state index contributed by atoms with van der Waals surface area (Å²) in [5.41, 5.74) is 0. The summed E-state index contributed by atoms with van der Waals surface area (Å²) in [6.45, 7) is 5.80. The summed E-state index contributed by atoms with van der Waals surface area (Å²) < 4.78 is 26.9. The number of esters is 4. The molecular formula is C21H26BrClO10. The third kappa shape index (κ3) is 9.97. The summed E-state index contributed by atoms with van der Waals surface area (Å²) in [5, 5.41) is 10.9. The monoisotopic (exact) mass is 552 g/mol. The number of aliphatic hydroxyl groups excluding tert-OH is 1. The minimum atomic E-state index is -1.89. The van der Waals surface area contributed by atoms with Crippen LogP contribution in [0.1, 0.15) is 34.6 Å². The van der Waals surface area contributed by atoms with E-state index in [-0.39, 0.29) is 17.4 Å². The van der Waals surface area contributed by atoms with Crippen LogP contribution in [-0.4, -0.2) is 60.2 Å².